The Morgan fingerprint density at radius 2 is 1.03 bits per heavy atom. The molecule has 4 rings (SSSR count). The van der Waals surface area contributed by atoms with Gasteiger partial charge >= 0.3 is 11.9 Å². The van der Waals surface area contributed by atoms with Gasteiger partial charge in [0, 0.05) is 0 Å². The molecule has 0 aliphatic carbocycles. The Balaban J connectivity index is 1.53. The van der Waals surface area contributed by atoms with E-state index in [-0.39, 0.29) is 32.8 Å². The number of furan rings is 2. The van der Waals surface area contributed by atoms with Gasteiger partial charge in [-0.05, 0) is 99.5 Å². The zero-order valence-electron chi connectivity index (χ0n) is 19.4. The molecule has 0 saturated carbocycles. The highest BCUT2D eigenvalue weighted by Gasteiger charge is 2.22. The van der Waals surface area contributed by atoms with Crippen molar-refractivity contribution in [3.8, 4) is 11.5 Å². The summed E-state index contributed by atoms with van der Waals surface area (Å²) in [6, 6.07) is 14.7. The maximum Gasteiger partial charge on any atom is 0.379 e. The molecule has 4 aromatic rings. The molecule has 35 heavy (non-hydrogen) atoms. The number of hydrogen-bond acceptors (Lipinski definition) is 8. The van der Waals surface area contributed by atoms with Gasteiger partial charge in [0.2, 0.25) is 21.4 Å². The highest BCUT2D eigenvalue weighted by molar-refractivity contribution is 7.91. The monoisotopic (exact) mass is 494 g/mol. The summed E-state index contributed by atoms with van der Waals surface area (Å²) in [6.07, 6.45) is 0. The Morgan fingerprint density at radius 3 is 1.34 bits per heavy atom. The summed E-state index contributed by atoms with van der Waals surface area (Å²) in [6.45, 7) is 6.69. The number of esters is 2. The molecule has 0 bridgehead atoms. The van der Waals surface area contributed by atoms with E-state index >= 15 is 0 Å². The van der Waals surface area contributed by atoms with Crippen LogP contribution in [0, 0.1) is 27.7 Å². The molecule has 2 aromatic carbocycles. The van der Waals surface area contributed by atoms with Crippen molar-refractivity contribution in [1.82, 2.24) is 0 Å². The lowest BCUT2D eigenvalue weighted by molar-refractivity contribution is 0.0690. The van der Waals surface area contributed by atoms with Gasteiger partial charge in [0.15, 0.2) is 0 Å². The molecule has 2 heterocycles. The van der Waals surface area contributed by atoms with Crippen LogP contribution in [0.15, 0.2) is 79.3 Å². The zero-order valence-corrected chi connectivity index (χ0v) is 20.3. The number of aryl methyl sites for hydroxylation is 4. The highest BCUT2D eigenvalue weighted by Crippen LogP contribution is 2.30. The minimum absolute atomic E-state index is 0.0267. The molecule has 9 heteroatoms. The summed E-state index contributed by atoms with van der Waals surface area (Å²) in [5.74, 6) is 0.326. The normalized spacial score (nSPS) is 11.3. The number of carbonyl (C=O) groups is 2. The molecule has 0 unspecified atom stereocenters. The fourth-order valence-corrected chi connectivity index (χ4v) is 4.76. The van der Waals surface area contributed by atoms with Gasteiger partial charge in [0.05, 0.1) is 9.79 Å². The summed E-state index contributed by atoms with van der Waals surface area (Å²) < 4.78 is 47.6. The van der Waals surface area contributed by atoms with E-state index in [1.54, 1.807) is 39.8 Å². The largest absolute Gasteiger partial charge is 0.454 e. The van der Waals surface area contributed by atoms with E-state index in [9.17, 15) is 18.0 Å². The summed E-state index contributed by atoms with van der Waals surface area (Å²) in [4.78, 5) is 24.5. The van der Waals surface area contributed by atoms with Crippen LogP contribution in [0.3, 0.4) is 0 Å². The highest BCUT2D eigenvalue weighted by atomic mass is 32.2. The van der Waals surface area contributed by atoms with Gasteiger partial charge in [-0.2, -0.15) is 0 Å². The van der Waals surface area contributed by atoms with Crippen molar-refractivity contribution in [2.75, 3.05) is 0 Å². The number of ether oxygens (including phenoxy) is 2. The average molecular weight is 495 g/mol. The molecule has 0 aliphatic heterocycles. The second kappa shape index (κ2) is 9.27. The third-order valence-corrected chi connectivity index (χ3v) is 6.95. The zero-order chi connectivity index (χ0) is 25.3. The van der Waals surface area contributed by atoms with Crippen molar-refractivity contribution in [3.63, 3.8) is 0 Å². The third-order valence-electron chi connectivity index (χ3n) is 5.20. The van der Waals surface area contributed by atoms with Crippen LogP contribution in [0.4, 0.5) is 0 Å². The van der Waals surface area contributed by atoms with Crippen molar-refractivity contribution in [3.05, 3.63) is 94.8 Å². The van der Waals surface area contributed by atoms with Crippen molar-refractivity contribution in [1.29, 1.82) is 0 Å². The number of rotatable bonds is 6. The van der Waals surface area contributed by atoms with Crippen LogP contribution in [0.5, 0.6) is 11.5 Å². The average Bonchev–Trinajstić information content (AvgIpc) is 3.44. The van der Waals surface area contributed by atoms with Gasteiger partial charge in [0.1, 0.15) is 23.0 Å². The lowest BCUT2D eigenvalue weighted by Gasteiger charge is -2.11. The third kappa shape index (κ3) is 5.04. The lowest BCUT2D eigenvalue weighted by Crippen LogP contribution is -2.10. The van der Waals surface area contributed by atoms with Crippen molar-refractivity contribution < 1.29 is 36.3 Å². The first kappa shape index (κ1) is 24.0. The summed E-state index contributed by atoms with van der Waals surface area (Å²) in [5.41, 5.74) is 0.914. The SMILES string of the molecule is Cc1ccc(C(=O)Oc2ccc(S(=O)(=O)c3ccc(OC(=O)c4ccc(C)o4)c(C)c3)cc2C)o1. The molecule has 2 aromatic heterocycles. The van der Waals surface area contributed by atoms with E-state index in [2.05, 4.69) is 0 Å². The molecule has 0 fully saturated rings. The van der Waals surface area contributed by atoms with E-state index in [4.69, 9.17) is 18.3 Å². The van der Waals surface area contributed by atoms with E-state index < -0.39 is 21.8 Å². The number of carbonyl (C=O) groups excluding carboxylic acids is 2. The Kier molecular flexibility index (Phi) is 6.36. The first-order chi connectivity index (χ1) is 16.5. The van der Waals surface area contributed by atoms with Crippen molar-refractivity contribution in [2.24, 2.45) is 0 Å². The quantitative estimate of drug-likeness (QED) is 0.259. The predicted molar refractivity (Wildman–Crippen MR) is 125 cm³/mol. The topological polar surface area (TPSA) is 113 Å². The van der Waals surface area contributed by atoms with E-state index in [1.165, 1.54) is 48.5 Å². The first-order valence-electron chi connectivity index (χ1n) is 10.6. The molecule has 0 amide bonds. The van der Waals surface area contributed by atoms with Crippen molar-refractivity contribution >= 4 is 21.8 Å². The summed E-state index contributed by atoms with van der Waals surface area (Å²) in [5, 5.41) is 0. The maximum atomic E-state index is 13.2. The van der Waals surface area contributed by atoms with Gasteiger partial charge in [-0.15, -0.1) is 0 Å². The second-order valence-corrected chi connectivity index (χ2v) is 9.91. The number of benzene rings is 2. The molecule has 0 N–H and O–H groups in total. The summed E-state index contributed by atoms with van der Waals surface area (Å²) >= 11 is 0. The Bertz CT molecular complexity index is 1430. The van der Waals surface area contributed by atoms with Gasteiger partial charge in [-0.25, -0.2) is 18.0 Å². The van der Waals surface area contributed by atoms with Crippen LogP contribution in [-0.4, -0.2) is 20.4 Å². The van der Waals surface area contributed by atoms with Gasteiger partial charge < -0.3 is 18.3 Å². The fraction of sp³-hybridized carbons (Fsp3) is 0.154. The van der Waals surface area contributed by atoms with Crippen LogP contribution >= 0.6 is 0 Å². The van der Waals surface area contributed by atoms with Gasteiger partial charge in [0.25, 0.3) is 0 Å². The van der Waals surface area contributed by atoms with Gasteiger partial charge in [-0.1, -0.05) is 0 Å². The van der Waals surface area contributed by atoms with E-state index in [1.807, 2.05) is 0 Å². The standard InChI is InChI=1S/C26H22O8S/c1-15-13-19(7-11-21(15)33-25(27)23-9-5-17(3)31-23)35(29,30)20-8-12-22(16(2)14-20)34-26(28)24-10-6-18(4)32-24/h5-14H,1-4H3. The fourth-order valence-electron chi connectivity index (χ4n) is 3.33. The smallest absolute Gasteiger partial charge is 0.379 e. The molecule has 0 atom stereocenters. The van der Waals surface area contributed by atoms with Crippen LogP contribution in [0.2, 0.25) is 0 Å². The first-order valence-corrected chi connectivity index (χ1v) is 12.1. The molecule has 0 spiro atoms. The molecule has 180 valence electrons. The van der Waals surface area contributed by atoms with Crippen LogP contribution in [0.25, 0.3) is 0 Å². The minimum atomic E-state index is -3.89. The second-order valence-electron chi connectivity index (χ2n) is 7.96. The number of hydrogen-bond donors (Lipinski definition) is 0. The Labute approximate surface area is 202 Å². The van der Waals surface area contributed by atoms with Crippen LogP contribution in [0.1, 0.15) is 43.8 Å². The van der Waals surface area contributed by atoms with Crippen molar-refractivity contribution in [2.45, 2.75) is 37.5 Å². The molecule has 0 aliphatic rings. The van der Waals surface area contributed by atoms with Crippen LogP contribution in [-0.2, 0) is 9.84 Å². The van der Waals surface area contributed by atoms with Gasteiger partial charge in [-0.3, -0.25) is 0 Å². The molecular formula is C26H22O8S. The predicted octanol–water partition coefficient (Wildman–Crippen LogP) is 5.38. The maximum absolute atomic E-state index is 13.2. The van der Waals surface area contributed by atoms with E-state index in [0.29, 0.717) is 22.6 Å². The lowest BCUT2D eigenvalue weighted by atomic mass is 10.2. The molecule has 0 saturated heterocycles. The Hall–Kier alpha value is -4.11. The number of sulfone groups is 1. The minimum Gasteiger partial charge on any atom is -0.454 e. The summed E-state index contributed by atoms with van der Waals surface area (Å²) in [7, 11) is -3.89. The van der Waals surface area contributed by atoms with Crippen LogP contribution < -0.4 is 9.47 Å². The molecule has 0 radical (unpaired) electrons. The molecule has 8 nitrogen and oxygen atoms in total. The van der Waals surface area contributed by atoms with E-state index in [0.717, 1.165) is 0 Å². The molecular weight excluding hydrogens is 472 g/mol. The Morgan fingerprint density at radius 1 is 0.629 bits per heavy atom.